The largest absolute Gasteiger partial charge is 0.352 e. The highest BCUT2D eigenvalue weighted by molar-refractivity contribution is 7.10. The SMILES string of the molecule is C[C@H](C(=O)NC1CCCCCC1)N1CCc2sccc2C1. The number of amides is 1. The molecule has 3 rings (SSSR count). The molecule has 0 bridgehead atoms. The molecule has 1 N–H and O–H groups in total. The number of carbonyl (C=O) groups excluding carboxylic acids is 1. The fourth-order valence-corrected chi connectivity index (χ4v) is 4.40. The topological polar surface area (TPSA) is 32.3 Å². The number of rotatable bonds is 3. The number of thiophene rings is 1. The molecule has 0 saturated heterocycles. The Morgan fingerprint density at radius 2 is 2.10 bits per heavy atom. The lowest BCUT2D eigenvalue weighted by molar-refractivity contribution is -0.127. The van der Waals surface area contributed by atoms with E-state index in [-0.39, 0.29) is 11.9 Å². The molecule has 1 aromatic heterocycles. The Labute approximate surface area is 131 Å². The van der Waals surface area contributed by atoms with Crippen LogP contribution in [0.4, 0.5) is 0 Å². The molecule has 0 aromatic carbocycles. The molecule has 3 nitrogen and oxygen atoms in total. The van der Waals surface area contributed by atoms with Gasteiger partial charge in [-0.05, 0) is 43.2 Å². The average molecular weight is 306 g/mol. The van der Waals surface area contributed by atoms with Crippen molar-refractivity contribution in [2.24, 2.45) is 0 Å². The van der Waals surface area contributed by atoms with Crippen LogP contribution in [0.15, 0.2) is 11.4 Å². The summed E-state index contributed by atoms with van der Waals surface area (Å²) < 4.78 is 0. The van der Waals surface area contributed by atoms with Crippen LogP contribution in [0.25, 0.3) is 0 Å². The van der Waals surface area contributed by atoms with Crippen LogP contribution < -0.4 is 5.32 Å². The van der Waals surface area contributed by atoms with Gasteiger partial charge in [0, 0.05) is 24.0 Å². The first-order valence-electron chi connectivity index (χ1n) is 8.33. The van der Waals surface area contributed by atoms with Crippen molar-refractivity contribution < 1.29 is 4.79 Å². The highest BCUT2D eigenvalue weighted by atomic mass is 32.1. The van der Waals surface area contributed by atoms with Crippen molar-refractivity contribution in [2.45, 2.75) is 70.5 Å². The zero-order valence-electron chi connectivity index (χ0n) is 12.9. The maximum Gasteiger partial charge on any atom is 0.237 e. The lowest BCUT2D eigenvalue weighted by Crippen LogP contribution is -2.49. The fraction of sp³-hybridized carbons (Fsp3) is 0.706. The number of nitrogens with one attached hydrogen (secondary N) is 1. The molecule has 2 aliphatic rings. The van der Waals surface area contributed by atoms with Crippen LogP contribution in [-0.4, -0.2) is 29.4 Å². The second kappa shape index (κ2) is 6.93. The standard InChI is InChI=1S/C17H26N2OS/c1-13(17(20)18-15-6-4-2-3-5-7-15)19-10-8-16-14(12-19)9-11-21-16/h9,11,13,15H,2-8,10,12H2,1H3,(H,18,20)/t13-/m1/s1. The van der Waals surface area contributed by atoms with E-state index in [1.807, 2.05) is 11.3 Å². The van der Waals surface area contributed by atoms with E-state index in [9.17, 15) is 4.79 Å². The van der Waals surface area contributed by atoms with Crippen LogP contribution in [0.5, 0.6) is 0 Å². The van der Waals surface area contributed by atoms with Crippen molar-refractivity contribution in [3.05, 3.63) is 21.9 Å². The Kier molecular flexibility index (Phi) is 4.96. The van der Waals surface area contributed by atoms with Crippen LogP contribution in [0, 0.1) is 0 Å². The molecule has 1 amide bonds. The van der Waals surface area contributed by atoms with Crippen molar-refractivity contribution in [2.75, 3.05) is 6.54 Å². The summed E-state index contributed by atoms with van der Waals surface area (Å²) in [4.78, 5) is 16.3. The highest BCUT2D eigenvalue weighted by Gasteiger charge is 2.27. The Bertz CT molecular complexity index is 477. The number of carbonyl (C=O) groups is 1. The van der Waals surface area contributed by atoms with Gasteiger partial charge in [0.25, 0.3) is 0 Å². The number of hydrogen-bond acceptors (Lipinski definition) is 3. The van der Waals surface area contributed by atoms with Gasteiger partial charge in [0.2, 0.25) is 5.91 Å². The number of nitrogens with zero attached hydrogens (tertiary/aromatic N) is 1. The summed E-state index contributed by atoms with van der Waals surface area (Å²) in [5.41, 5.74) is 1.42. The maximum absolute atomic E-state index is 12.5. The molecule has 0 radical (unpaired) electrons. The second-order valence-corrected chi connectivity index (χ2v) is 7.46. The van der Waals surface area contributed by atoms with Gasteiger partial charge in [0.1, 0.15) is 0 Å². The smallest absolute Gasteiger partial charge is 0.237 e. The van der Waals surface area contributed by atoms with Crippen molar-refractivity contribution in [3.8, 4) is 0 Å². The summed E-state index contributed by atoms with van der Waals surface area (Å²) in [5.74, 6) is 0.223. The molecule has 21 heavy (non-hydrogen) atoms. The molecule has 116 valence electrons. The number of hydrogen-bond donors (Lipinski definition) is 1. The van der Waals surface area contributed by atoms with E-state index < -0.39 is 0 Å². The average Bonchev–Trinajstić information content (AvgIpc) is 2.82. The van der Waals surface area contributed by atoms with E-state index in [1.165, 1.54) is 36.1 Å². The first kappa shape index (κ1) is 15.0. The normalized spacial score (nSPS) is 22.3. The van der Waals surface area contributed by atoms with Gasteiger partial charge >= 0.3 is 0 Å². The molecule has 4 heteroatoms. The van der Waals surface area contributed by atoms with E-state index in [0.717, 1.165) is 32.4 Å². The van der Waals surface area contributed by atoms with Gasteiger partial charge in [0.05, 0.1) is 6.04 Å². The van der Waals surface area contributed by atoms with Crippen LogP contribution in [0.1, 0.15) is 55.9 Å². The number of fused-ring (bicyclic) bond motifs is 1. The predicted molar refractivity (Wildman–Crippen MR) is 87.5 cm³/mol. The van der Waals surface area contributed by atoms with Crippen LogP contribution in [-0.2, 0) is 17.8 Å². The van der Waals surface area contributed by atoms with E-state index in [0.29, 0.717) is 6.04 Å². The molecule has 0 spiro atoms. The molecule has 1 aromatic rings. The Morgan fingerprint density at radius 3 is 2.86 bits per heavy atom. The second-order valence-electron chi connectivity index (χ2n) is 6.46. The van der Waals surface area contributed by atoms with Crippen LogP contribution in [0.3, 0.4) is 0 Å². The lowest BCUT2D eigenvalue weighted by Gasteiger charge is -2.32. The van der Waals surface area contributed by atoms with Crippen molar-refractivity contribution in [3.63, 3.8) is 0 Å². The Morgan fingerprint density at radius 1 is 1.33 bits per heavy atom. The molecule has 1 aliphatic carbocycles. The van der Waals surface area contributed by atoms with Gasteiger partial charge in [-0.3, -0.25) is 9.69 Å². The third-order valence-corrected chi connectivity index (χ3v) is 5.99. The van der Waals surface area contributed by atoms with Gasteiger partial charge in [-0.1, -0.05) is 25.7 Å². The minimum atomic E-state index is -0.0127. The van der Waals surface area contributed by atoms with Gasteiger partial charge in [-0.25, -0.2) is 0 Å². The maximum atomic E-state index is 12.5. The van der Waals surface area contributed by atoms with Crippen molar-refractivity contribution in [1.29, 1.82) is 0 Å². The molecular formula is C17H26N2OS. The minimum Gasteiger partial charge on any atom is -0.352 e. The first-order valence-corrected chi connectivity index (χ1v) is 9.21. The van der Waals surface area contributed by atoms with E-state index in [1.54, 1.807) is 0 Å². The van der Waals surface area contributed by atoms with Crippen molar-refractivity contribution in [1.82, 2.24) is 10.2 Å². The fourth-order valence-electron chi connectivity index (χ4n) is 3.51. The molecule has 0 unspecified atom stereocenters. The third-order valence-electron chi connectivity index (χ3n) is 4.97. The molecule has 1 atom stereocenters. The van der Waals surface area contributed by atoms with E-state index >= 15 is 0 Å². The highest BCUT2D eigenvalue weighted by Crippen LogP contribution is 2.25. The Hall–Kier alpha value is -0.870. The summed E-state index contributed by atoms with van der Waals surface area (Å²) in [6.07, 6.45) is 8.60. The summed E-state index contributed by atoms with van der Waals surface area (Å²) >= 11 is 1.85. The molecule has 1 saturated carbocycles. The summed E-state index contributed by atoms with van der Waals surface area (Å²) in [6.45, 7) is 3.99. The summed E-state index contributed by atoms with van der Waals surface area (Å²) in [7, 11) is 0. The third kappa shape index (κ3) is 3.67. The van der Waals surface area contributed by atoms with Crippen molar-refractivity contribution >= 4 is 17.2 Å². The van der Waals surface area contributed by atoms with Gasteiger partial charge < -0.3 is 5.32 Å². The van der Waals surface area contributed by atoms with Crippen LogP contribution >= 0.6 is 11.3 Å². The summed E-state index contributed by atoms with van der Waals surface area (Å²) in [6, 6.07) is 2.60. The predicted octanol–water partition coefficient (Wildman–Crippen LogP) is 3.33. The van der Waals surface area contributed by atoms with E-state index in [2.05, 4.69) is 28.6 Å². The van der Waals surface area contributed by atoms with Gasteiger partial charge in [-0.2, -0.15) is 0 Å². The Balaban J connectivity index is 1.55. The molecule has 2 heterocycles. The monoisotopic (exact) mass is 306 g/mol. The zero-order chi connectivity index (χ0) is 14.7. The quantitative estimate of drug-likeness (QED) is 0.869. The molecular weight excluding hydrogens is 280 g/mol. The molecule has 1 fully saturated rings. The van der Waals surface area contributed by atoms with E-state index in [4.69, 9.17) is 0 Å². The van der Waals surface area contributed by atoms with Gasteiger partial charge in [0.15, 0.2) is 0 Å². The minimum absolute atomic E-state index is 0.0127. The lowest BCUT2D eigenvalue weighted by atomic mass is 10.1. The van der Waals surface area contributed by atoms with Crippen LogP contribution in [0.2, 0.25) is 0 Å². The van der Waals surface area contributed by atoms with Gasteiger partial charge in [-0.15, -0.1) is 11.3 Å². The summed E-state index contributed by atoms with van der Waals surface area (Å²) in [5, 5.41) is 5.47. The zero-order valence-corrected chi connectivity index (χ0v) is 13.8. The first-order chi connectivity index (χ1) is 10.2. The molecule has 1 aliphatic heterocycles.